The zero-order valence-corrected chi connectivity index (χ0v) is 18.0. The molecule has 1 N–H and O–H groups in total. The summed E-state index contributed by atoms with van der Waals surface area (Å²) in [5.74, 6) is 0.00525. The molecule has 0 fully saturated rings. The maximum atomic E-state index is 12.7. The fourth-order valence-corrected chi connectivity index (χ4v) is 3.41. The molecule has 1 amide bonds. The van der Waals surface area contributed by atoms with Gasteiger partial charge < -0.3 is 14.6 Å². The summed E-state index contributed by atoms with van der Waals surface area (Å²) in [4.78, 5) is 12.7. The molecule has 5 nitrogen and oxygen atoms in total. The summed E-state index contributed by atoms with van der Waals surface area (Å²) in [6.07, 6.45) is 3.40. The lowest BCUT2D eigenvalue weighted by Crippen LogP contribution is -2.14. The van der Waals surface area contributed by atoms with E-state index >= 15 is 0 Å². The molecule has 7 heteroatoms. The Labute approximate surface area is 185 Å². The highest BCUT2D eigenvalue weighted by Crippen LogP contribution is 2.26. The van der Waals surface area contributed by atoms with Crippen molar-refractivity contribution in [3.8, 4) is 11.8 Å². The van der Waals surface area contributed by atoms with E-state index in [1.54, 1.807) is 30.3 Å². The van der Waals surface area contributed by atoms with E-state index < -0.39 is 5.91 Å². The van der Waals surface area contributed by atoms with Gasteiger partial charge in [-0.3, -0.25) is 4.79 Å². The van der Waals surface area contributed by atoms with Crippen LogP contribution in [0.5, 0.6) is 5.75 Å². The van der Waals surface area contributed by atoms with Gasteiger partial charge in [0, 0.05) is 28.5 Å². The minimum atomic E-state index is -0.515. The lowest BCUT2D eigenvalue weighted by Gasteiger charge is -2.11. The van der Waals surface area contributed by atoms with Gasteiger partial charge in [0.25, 0.3) is 5.91 Å². The van der Waals surface area contributed by atoms with Crippen molar-refractivity contribution in [1.82, 2.24) is 4.57 Å². The van der Waals surface area contributed by atoms with Crippen LogP contribution in [0.15, 0.2) is 60.3 Å². The van der Waals surface area contributed by atoms with Gasteiger partial charge in [-0.25, -0.2) is 0 Å². The second kappa shape index (κ2) is 9.53. The van der Waals surface area contributed by atoms with Crippen molar-refractivity contribution in [2.75, 3.05) is 12.4 Å². The normalized spacial score (nSPS) is 11.1. The number of nitrogens with zero attached hydrogens (tertiary/aromatic N) is 2. The van der Waals surface area contributed by atoms with Gasteiger partial charge in [-0.1, -0.05) is 35.3 Å². The van der Waals surface area contributed by atoms with Gasteiger partial charge in [0.1, 0.15) is 17.4 Å². The molecular formula is C23H19Cl2N3O2. The Morgan fingerprint density at radius 1 is 1.23 bits per heavy atom. The standard InChI is InChI=1S/C23H19Cl2N3O2/c1-15-5-8-22(30-2)21(10-15)27-23(29)17(13-26)11-19-4-3-9-28(19)14-16-6-7-18(24)12-20(16)25/h3-12H,14H2,1-2H3,(H,27,29)/b17-11+. The Morgan fingerprint density at radius 2 is 2.03 bits per heavy atom. The van der Waals surface area contributed by atoms with Gasteiger partial charge >= 0.3 is 0 Å². The molecule has 3 rings (SSSR count). The number of amides is 1. The van der Waals surface area contributed by atoms with Crippen LogP contribution in [0.1, 0.15) is 16.8 Å². The molecule has 0 atom stereocenters. The van der Waals surface area contributed by atoms with Crippen molar-refractivity contribution in [3.63, 3.8) is 0 Å². The molecular weight excluding hydrogens is 421 g/mol. The quantitative estimate of drug-likeness (QED) is 0.395. The smallest absolute Gasteiger partial charge is 0.266 e. The number of hydrogen-bond donors (Lipinski definition) is 1. The van der Waals surface area contributed by atoms with E-state index in [9.17, 15) is 10.1 Å². The van der Waals surface area contributed by atoms with Crippen LogP contribution in [-0.2, 0) is 11.3 Å². The predicted molar refractivity (Wildman–Crippen MR) is 120 cm³/mol. The van der Waals surface area contributed by atoms with Crippen LogP contribution in [0, 0.1) is 18.3 Å². The van der Waals surface area contributed by atoms with Gasteiger partial charge in [-0.15, -0.1) is 0 Å². The number of hydrogen-bond acceptors (Lipinski definition) is 3. The van der Waals surface area contributed by atoms with Crippen LogP contribution in [-0.4, -0.2) is 17.6 Å². The third-order valence-corrected chi connectivity index (χ3v) is 5.07. The van der Waals surface area contributed by atoms with Crippen molar-refractivity contribution < 1.29 is 9.53 Å². The zero-order valence-electron chi connectivity index (χ0n) is 16.4. The van der Waals surface area contributed by atoms with Crippen LogP contribution in [0.2, 0.25) is 10.0 Å². The van der Waals surface area contributed by atoms with Crippen molar-refractivity contribution in [3.05, 3.63) is 87.2 Å². The predicted octanol–water partition coefficient (Wildman–Crippen LogP) is 5.71. The summed E-state index contributed by atoms with van der Waals surface area (Å²) in [5, 5.41) is 13.4. The fourth-order valence-electron chi connectivity index (χ4n) is 2.94. The summed E-state index contributed by atoms with van der Waals surface area (Å²) in [6, 6.07) is 16.4. The Balaban J connectivity index is 1.85. The SMILES string of the molecule is COc1ccc(C)cc1NC(=O)/C(C#N)=C/c1cccn1Cc1ccc(Cl)cc1Cl. The van der Waals surface area contributed by atoms with E-state index in [0.717, 1.165) is 11.1 Å². The molecule has 0 spiro atoms. The second-order valence-corrected chi connectivity index (χ2v) is 7.47. The third-order valence-electron chi connectivity index (χ3n) is 4.48. The molecule has 0 aliphatic heterocycles. The Bertz CT molecular complexity index is 1160. The van der Waals surface area contributed by atoms with Gasteiger partial charge in [0.2, 0.25) is 0 Å². The van der Waals surface area contributed by atoms with Gasteiger partial charge in [-0.05, 0) is 60.5 Å². The minimum absolute atomic E-state index is 0.0271. The molecule has 3 aromatic rings. The monoisotopic (exact) mass is 439 g/mol. The number of aromatic nitrogens is 1. The number of ether oxygens (including phenoxy) is 1. The molecule has 30 heavy (non-hydrogen) atoms. The number of carbonyl (C=O) groups excluding carboxylic acids is 1. The number of methoxy groups -OCH3 is 1. The van der Waals surface area contributed by atoms with E-state index in [2.05, 4.69) is 5.32 Å². The molecule has 0 saturated heterocycles. The molecule has 0 radical (unpaired) electrons. The lowest BCUT2D eigenvalue weighted by atomic mass is 10.1. The van der Waals surface area contributed by atoms with Crippen molar-refractivity contribution in [2.45, 2.75) is 13.5 Å². The molecule has 1 heterocycles. The van der Waals surface area contributed by atoms with Crippen LogP contribution in [0.3, 0.4) is 0 Å². The van der Waals surface area contributed by atoms with Crippen LogP contribution < -0.4 is 10.1 Å². The number of benzene rings is 2. The second-order valence-electron chi connectivity index (χ2n) is 6.62. The van der Waals surface area contributed by atoms with Gasteiger partial charge in [-0.2, -0.15) is 5.26 Å². The van der Waals surface area contributed by atoms with Crippen molar-refractivity contribution in [1.29, 1.82) is 5.26 Å². The number of carbonyl (C=O) groups is 1. The highest BCUT2D eigenvalue weighted by molar-refractivity contribution is 6.35. The Hall–Kier alpha value is -3.20. The topological polar surface area (TPSA) is 67.0 Å². The molecule has 0 bridgehead atoms. The first-order valence-corrected chi connectivity index (χ1v) is 9.83. The fraction of sp³-hybridized carbons (Fsp3) is 0.130. The first kappa shape index (κ1) is 21.5. The molecule has 0 saturated carbocycles. The Morgan fingerprint density at radius 3 is 2.73 bits per heavy atom. The number of anilines is 1. The molecule has 2 aromatic carbocycles. The largest absolute Gasteiger partial charge is 0.495 e. The highest BCUT2D eigenvalue weighted by atomic mass is 35.5. The number of nitrogens with one attached hydrogen (secondary N) is 1. The maximum absolute atomic E-state index is 12.7. The first-order chi connectivity index (χ1) is 14.4. The number of aryl methyl sites for hydroxylation is 1. The molecule has 0 aliphatic carbocycles. The van der Waals surface area contributed by atoms with Gasteiger partial charge in [0.15, 0.2) is 0 Å². The zero-order chi connectivity index (χ0) is 21.7. The Kier molecular flexibility index (Phi) is 6.83. The first-order valence-electron chi connectivity index (χ1n) is 9.08. The third kappa shape index (κ3) is 5.04. The number of nitriles is 1. The van der Waals surface area contributed by atoms with E-state index in [4.69, 9.17) is 27.9 Å². The average Bonchev–Trinajstić information content (AvgIpc) is 3.15. The lowest BCUT2D eigenvalue weighted by molar-refractivity contribution is -0.112. The van der Waals surface area contributed by atoms with E-state index in [0.29, 0.717) is 33.7 Å². The van der Waals surface area contributed by atoms with Crippen molar-refractivity contribution >= 4 is 40.9 Å². The molecule has 152 valence electrons. The minimum Gasteiger partial charge on any atom is -0.495 e. The van der Waals surface area contributed by atoms with E-state index in [1.807, 2.05) is 48.0 Å². The molecule has 0 unspecified atom stereocenters. The summed E-state index contributed by atoms with van der Waals surface area (Å²) >= 11 is 12.2. The van der Waals surface area contributed by atoms with Crippen LogP contribution in [0.25, 0.3) is 6.08 Å². The highest BCUT2D eigenvalue weighted by Gasteiger charge is 2.14. The summed E-state index contributed by atoms with van der Waals surface area (Å²) in [7, 11) is 1.52. The van der Waals surface area contributed by atoms with Crippen LogP contribution >= 0.6 is 23.2 Å². The van der Waals surface area contributed by atoms with E-state index in [-0.39, 0.29) is 5.57 Å². The molecule has 1 aromatic heterocycles. The summed E-state index contributed by atoms with van der Waals surface area (Å²) in [5.41, 5.74) is 3.01. The van der Waals surface area contributed by atoms with Crippen LogP contribution in [0.4, 0.5) is 5.69 Å². The van der Waals surface area contributed by atoms with Crippen molar-refractivity contribution in [2.24, 2.45) is 0 Å². The number of rotatable bonds is 6. The molecule has 0 aliphatic rings. The van der Waals surface area contributed by atoms with Gasteiger partial charge in [0.05, 0.1) is 12.8 Å². The number of halogens is 2. The summed E-state index contributed by atoms with van der Waals surface area (Å²) < 4.78 is 7.18. The maximum Gasteiger partial charge on any atom is 0.266 e. The van der Waals surface area contributed by atoms with E-state index in [1.165, 1.54) is 7.11 Å². The summed E-state index contributed by atoms with van der Waals surface area (Å²) in [6.45, 7) is 2.38. The average molecular weight is 440 g/mol.